The SMILES string of the molecule is CCCCCCC1CCN(CCCCCCCO)CC1.Cl. The van der Waals surface area contributed by atoms with Crippen molar-refractivity contribution < 1.29 is 5.11 Å². The summed E-state index contributed by atoms with van der Waals surface area (Å²) in [5, 5.41) is 8.73. The summed E-state index contributed by atoms with van der Waals surface area (Å²) in [4.78, 5) is 2.68. The van der Waals surface area contributed by atoms with E-state index in [1.807, 2.05) is 0 Å². The van der Waals surface area contributed by atoms with E-state index in [4.69, 9.17) is 5.11 Å². The second kappa shape index (κ2) is 15.1. The molecule has 2 nitrogen and oxygen atoms in total. The van der Waals surface area contributed by atoms with Gasteiger partial charge in [0.05, 0.1) is 0 Å². The molecular weight excluding hydrogens is 282 g/mol. The van der Waals surface area contributed by atoms with Crippen LogP contribution in [0.5, 0.6) is 0 Å². The van der Waals surface area contributed by atoms with Crippen molar-refractivity contribution in [1.29, 1.82) is 0 Å². The van der Waals surface area contributed by atoms with Crippen LogP contribution in [-0.4, -0.2) is 36.2 Å². The lowest BCUT2D eigenvalue weighted by Gasteiger charge is -2.32. The van der Waals surface area contributed by atoms with Crippen LogP contribution in [0.2, 0.25) is 0 Å². The monoisotopic (exact) mass is 319 g/mol. The third kappa shape index (κ3) is 11.4. The molecule has 0 spiro atoms. The topological polar surface area (TPSA) is 23.5 Å². The van der Waals surface area contributed by atoms with Crippen molar-refractivity contribution in [2.45, 2.75) is 84.0 Å². The summed E-state index contributed by atoms with van der Waals surface area (Å²) in [5.74, 6) is 1.02. The number of aliphatic hydroxyl groups excluding tert-OH is 1. The van der Waals surface area contributed by atoms with Gasteiger partial charge in [0.1, 0.15) is 0 Å². The smallest absolute Gasteiger partial charge is 0.0431 e. The molecule has 128 valence electrons. The molecule has 0 amide bonds. The molecule has 0 radical (unpaired) electrons. The molecule has 1 N–H and O–H groups in total. The lowest BCUT2D eigenvalue weighted by atomic mass is 9.91. The van der Waals surface area contributed by atoms with E-state index in [9.17, 15) is 0 Å². The van der Waals surface area contributed by atoms with Crippen LogP contribution in [0, 0.1) is 5.92 Å². The largest absolute Gasteiger partial charge is 0.396 e. The van der Waals surface area contributed by atoms with Gasteiger partial charge in [0.15, 0.2) is 0 Å². The number of hydrogen-bond acceptors (Lipinski definition) is 2. The molecule has 1 aliphatic rings. The molecule has 3 heteroatoms. The summed E-state index contributed by atoms with van der Waals surface area (Å²) in [6.07, 6.45) is 16.2. The van der Waals surface area contributed by atoms with Crippen LogP contribution in [0.4, 0.5) is 0 Å². The molecular formula is C18H38ClNO. The molecule has 1 heterocycles. The predicted molar refractivity (Wildman–Crippen MR) is 95.3 cm³/mol. The second-order valence-electron chi connectivity index (χ2n) is 6.63. The van der Waals surface area contributed by atoms with Gasteiger partial charge in [-0.05, 0) is 51.2 Å². The molecule has 1 fully saturated rings. The van der Waals surface area contributed by atoms with E-state index >= 15 is 0 Å². The first-order valence-corrected chi connectivity index (χ1v) is 9.20. The zero-order chi connectivity index (χ0) is 14.5. The predicted octanol–water partition coefficient (Wildman–Crippen LogP) is 5.03. The fourth-order valence-corrected chi connectivity index (χ4v) is 3.34. The lowest BCUT2D eigenvalue weighted by Crippen LogP contribution is -2.34. The summed E-state index contributed by atoms with van der Waals surface area (Å²) >= 11 is 0. The molecule has 0 saturated carbocycles. The maximum Gasteiger partial charge on any atom is 0.0431 e. The summed E-state index contributed by atoms with van der Waals surface area (Å²) in [6.45, 7) is 6.65. The molecule has 21 heavy (non-hydrogen) atoms. The molecule has 0 aromatic heterocycles. The zero-order valence-corrected chi connectivity index (χ0v) is 15.0. The van der Waals surface area contributed by atoms with Crippen LogP contribution < -0.4 is 0 Å². The van der Waals surface area contributed by atoms with Crippen molar-refractivity contribution >= 4 is 12.4 Å². The van der Waals surface area contributed by atoms with Gasteiger partial charge in [0.25, 0.3) is 0 Å². The second-order valence-corrected chi connectivity index (χ2v) is 6.63. The Labute approximate surface area is 139 Å². The summed E-state index contributed by atoms with van der Waals surface area (Å²) < 4.78 is 0. The van der Waals surface area contributed by atoms with Gasteiger partial charge in [-0.15, -0.1) is 12.4 Å². The molecule has 0 aliphatic carbocycles. The molecule has 0 atom stereocenters. The number of halogens is 1. The molecule has 0 bridgehead atoms. The van der Waals surface area contributed by atoms with Gasteiger partial charge in [-0.3, -0.25) is 0 Å². The van der Waals surface area contributed by atoms with E-state index in [1.165, 1.54) is 90.3 Å². The number of nitrogens with zero attached hydrogens (tertiary/aromatic N) is 1. The van der Waals surface area contributed by atoms with Gasteiger partial charge in [0, 0.05) is 6.61 Å². The summed E-state index contributed by atoms with van der Waals surface area (Å²) in [5.41, 5.74) is 0. The van der Waals surface area contributed by atoms with E-state index in [-0.39, 0.29) is 12.4 Å². The fourth-order valence-electron chi connectivity index (χ4n) is 3.34. The van der Waals surface area contributed by atoms with Gasteiger partial charge < -0.3 is 10.0 Å². The average Bonchev–Trinajstić information content (AvgIpc) is 2.49. The van der Waals surface area contributed by atoms with Crippen LogP contribution in [-0.2, 0) is 0 Å². The van der Waals surface area contributed by atoms with Gasteiger partial charge in [-0.2, -0.15) is 0 Å². The van der Waals surface area contributed by atoms with Crippen LogP contribution in [0.3, 0.4) is 0 Å². The maximum atomic E-state index is 8.73. The highest BCUT2D eigenvalue weighted by molar-refractivity contribution is 5.85. The molecule has 0 aromatic carbocycles. The summed E-state index contributed by atoms with van der Waals surface area (Å²) in [6, 6.07) is 0. The Morgan fingerprint density at radius 3 is 2.14 bits per heavy atom. The Morgan fingerprint density at radius 1 is 0.857 bits per heavy atom. The first-order chi connectivity index (χ1) is 9.86. The summed E-state index contributed by atoms with van der Waals surface area (Å²) in [7, 11) is 0. The highest BCUT2D eigenvalue weighted by Gasteiger charge is 2.18. The number of piperidine rings is 1. The van der Waals surface area contributed by atoms with Crippen molar-refractivity contribution in [2.24, 2.45) is 5.92 Å². The van der Waals surface area contributed by atoms with E-state index in [1.54, 1.807) is 0 Å². The van der Waals surface area contributed by atoms with Gasteiger partial charge in [-0.1, -0.05) is 58.3 Å². The number of rotatable bonds is 12. The minimum atomic E-state index is 0. The Morgan fingerprint density at radius 2 is 1.48 bits per heavy atom. The Balaban J connectivity index is 0.00000400. The highest BCUT2D eigenvalue weighted by Crippen LogP contribution is 2.23. The highest BCUT2D eigenvalue weighted by atomic mass is 35.5. The van der Waals surface area contributed by atoms with Crippen molar-refractivity contribution in [3.05, 3.63) is 0 Å². The van der Waals surface area contributed by atoms with Crippen LogP contribution in [0.15, 0.2) is 0 Å². The van der Waals surface area contributed by atoms with Crippen molar-refractivity contribution in [3.63, 3.8) is 0 Å². The Kier molecular flexibility index (Phi) is 15.3. The molecule has 1 rings (SSSR count). The van der Waals surface area contributed by atoms with Gasteiger partial charge in [-0.25, -0.2) is 0 Å². The first-order valence-electron chi connectivity index (χ1n) is 9.20. The maximum absolute atomic E-state index is 8.73. The molecule has 0 unspecified atom stereocenters. The minimum Gasteiger partial charge on any atom is -0.396 e. The average molecular weight is 320 g/mol. The number of hydrogen-bond donors (Lipinski definition) is 1. The zero-order valence-electron chi connectivity index (χ0n) is 14.2. The van der Waals surface area contributed by atoms with Crippen molar-refractivity contribution in [1.82, 2.24) is 4.90 Å². The lowest BCUT2D eigenvalue weighted by molar-refractivity contribution is 0.174. The Hall–Kier alpha value is 0.210. The van der Waals surface area contributed by atoms with Crippen LogP contribution >= 0.6 is 12.4 Å². The third-order valence-electron chi connectivity index (χ3n) is 4.81. The van der Waals surface area contributed by atoms with E-state index in [2.05, 4.69) is 11.8 Å². The molecule has 0 aromatic rings. The fraction of sp³-hybridized carbons (Fsp3) is 1.00. The van der Waals surface area contributed by atoms with Crippen LogP contribution in [0.1, 0.15) is 84.0 Å². The van der Waals surface area contributed by atoms with Crippen LogP contribution in [0.25, 0.3) is 0 Å². The number of unbranched alkanes of at least 4 members (excludes halogenated alkanes) is 7. The van der Waals surface area contributed by atoms with Gasteiger partial charge >= 0.3 is 0 Å². The quantitative estimate of drug-likeness (QED) is 0.510. The van der Waals surface area contributed by atoms with E-state index in [0.29, 0.717) is 6.61 Å². The van der Waals surface area contributed by atoms with Crippen molar-refractivity contribution in [3.8, 4) is 0 Å². The minimum absolute atomic E-state index is 0. The first kappa shape index (κ1) is 21.2. The van der Waals surface area contributed by atoms with Gasteiger partial charge in [0.2, 0.25) is 0 Å². The van der Waals surface area contributed by atoms with Crippen molar-refractivity contribution in [2.75, 3.05) is 26.2 Å². The number of likely N-dealkylation sites (tertiary alicyclic amines) is 1. The standard InChI is InChI=1S/C18H37NO.ClH/c1-2-3-4-8-11-18-12-15-19(16-13-18)14-9-6-5-7-10-17-20;/h18,20H,2-17H2,1H3;1H. The molecule has 1 saturated heterocycles. The molecule has 1 aliphatic heterocycles. The van der Waals surface area contributed by atoms with E-state index in [0.717, 1.165) is 12.3 Å². The number of aliphatic hydroxyl groups is 1. The Bertz CT molecular complexity index is 205. The third-order valence-corrected chi connectivity index (χ3v) is 4.81. The normalized spacial score (nSPS) is 16.9. The van der Waals surface area contributed by atoms with E-state index < -0.39 is 0 Å².